The average Bonchev–Trinajstić information content (AvgIpc) is 2.25. The highest BCUT2D eigenvalue weighted by Gasteiger charge is 2.23. The number of aliphatic carboxylic acids is 1. The Balaban J connectivity index is 2.40. The average molecular weight is 268 g/mol. The first kappa shape index (κ1) is 14.5. The molecule has 1 heterocycles. The number of hydrogen-bond acceptors (Lipinski definition) is 4. The van der Waals surface area contributed by atoms with Crippen molar-refractivity contribution in [3.05, 3.63) is 24.5 Å². The van der Waals surface area contributed by atoms with Crippen LogP contribution in [0.15, 0.2) is 29.4 Å². The lowest BCUT2D eigenvalue weighted by atomic mass is 10.0. The van der Waals surface area contributed by atoms with E-state index in [9.17, 15) is 9.59 Å². The number of amides is 1. The number of nitrogens with one attached hydrogen (secondary N) is 1. The first-order chi connectivity index (χ1) is 8.39. The van der Waals surface area contributed by atoms with Gasteiger partial charge in [0.05, 0.1) is 12.2 Å². The Kier molecular flexibility index (Phi) is 5.15. The minimum absolute atomic E-state index is 0.0985. The zero-order valence-electron chi connectivity index (χ0n) is 10.3. The summed E-state index contributed by atoms with van der Waals surface area (Å²) < 4.78 is 0. The summed E-state index contributed by atoms with van der Waals surface area (Å²) in [6, 6.07) is 3.64. The molecule has 0 aliphatic rings. The molecule has 1 aromatic heterocycles. The zero-order chi connectivity index (χ0) is 13.6. The summed E-state index contributed by atoms with van der Waals surface area (Å²) >= 11 is 1.39. The van der Waals surface area contributed by atoms with Crippen LogP contribution in [0.25, 0.3) is 0 Å². The molecule has 0 aliphatic heterocycles. The van der Waals surface area contributed by atoms with Crippen LogP contribution < -0.4 is 5.32 Å². The van der Waals surface area contributed by atoms with E-state index in [1.807, 2.05) is 12.1 Å². The number of hydrogen-bond donors (Lipinski definition) is 2. The summed E-state index contributed by atoms with van der Waals surface area (Å²) in [6.45, 7) is 3.38. The topological polar surface area (TPSA) is 79.3 Å². The van der Waals surface area contributed by atoms with E-state index < -0.39 is 11.5 Å². The van der Waals surface area contributed by atoms with E-state index in [1.54, 1.807) is 26.2 Å². The van der Waals surface area contributed by atoms with Crippen LogP contribution in [0.3, 0.4) is 0 Å². The molecule has 5 nitrogen and oxygen atoms in total. The van der Waals surface area contributed by atoms with Gasteiger partial charge in [-0.15, -0.1) is 11.8 Å². The Morgan fingerprint density at radius 1 is 1.39 bits per heavy atom. The van der Waals surface area contributed by atoms with E-state index in [0.29, 0.717) is 0 Å². The fraction of sp³-hybridized carbons (Fsp3) is 0.417. The molecule has 1 rings (SSSR count). The Hall–Kier alpha value is -1.56. The third-order valence-electron chi connectivity index (χ3n) is 2.09. The number of thioether (sulfide) groups is 1. The quantitative estimate of drug-likeness (QED) is 0.765. The van der Waals surface area contributed by atoms with Crippen LogP contribution in [0.5, 0.6) is 0 Å². The van der Waals surface area contributed by atoms with Crippen LogP contribution >= 0.6 is 11.8 Å². The van der Waals surface area contributed by atoms with E-state index >= 15 is 0 Å². The number of carbonyl (C=O) groups excluding carboxylic acids is 1. The molecule has 0 spiro atoms. The number of carbonyl (C=O) groups is 2. The van der Waals surface area contributed by atoms with Gasteiger partial charge in [-0.3, -0.25) is 14.6 Å². The van der Waals surface area contributed by atoms with Gasteiger partial charge in [-0.2, -0.15) is 0 Å². The second kappa shape index (κ2) is 6.39. The molecule has 0 bridgehead atoms. The molecule has 2 N–H and O–H groups in total. The maximum atomic E-state index is 11.7. The van der Waals surface area contributed by atoms with E-state index in [1.165, 1.54) is 11.8 Å². The Morgan fingerprint density at radius 2 is 2.00 bits per heavy atom. The van der Waals surface area contributed by atoms with E-state index in [2.05, 4.69) is 10.3 Å². The summed E-state index contributed by atoms with van der Waals surface area (Å²) in [7, 11) is 0. The van der Waals surface area contributed by atoms with Gasteiger partial charge in [-0.25, -0.2) is 0 Å². The molecule has 0 saturated heterocycles. The highest BCUT2D eigenvalue weighted by atomic mass is 32.2. The maximum absolute atomic E-state index is 11.7. The minimum atomic E-state index is -0.929. The van der Waals surface area contributed by atoms with Crippen molar-refractivity contribution >= 4 is 23.6 Å². The molecule has 0 radical (unpaired) electrons. The van der Waals surface area contributed by atoms with E-state index in [-0.39, 0.29) is 18.1 Å². The number of aromatic nitrogens is 1. The standard InChI is InChI=1S/C12H16N2O3S/c1-12(2,7-11(16)17)14-10(15)8-18-9-3-5-13-6-4-9/h3-6H,7-8H2,1-2H3,(H,14,15)(H,16,17). The molecule has 0 unspecified atom stereocenters. The third-order valence-corrected chi connectivity index (χ3v) is 3.10. The normalized spacial score (nSPS) is 11.0. The first-order valence-corrected chi connectivity index (χ1v) is 6.43. The zero-order valence-corrected chi connectivity index (χ0v) is 11.2. The van der Waals surface area contributed by atoms with Crippen molar-refractivity contribution in [3.63, 3.8) is 0 Å². The summed E-state index contributed by atoms with van der Waals surface area (Å²) in [6.07, 6.45) is 3.22. The van der Waals surface area contributed by atoms with Gasteiger partial charge in [0, 0.05) is 22.8 Å². The van der Waals surface area contributed by atoms with Crippen LogP contribution in [0, 0.1) is 0 Å². The number of nitrogens with zero attached hydrogens (tertiary/aromatic N) is 1. The summed E-state index contributed by atoms with van der Waals surface area (Å²) in [5.41, 5.74) is -0.734. The van der Waals surface area contributed by atoms with Crippen LogP contribution in [-0.2, 0) is 9.59 Å². The monoisotopic (exact) mass is 268 g/mol. The highest BCUT2D eigenvalue weighted by molar-refractivity contribution is 8.00. The van der Waals surface area contributed by atoms with Crippen molar-refractivity contribution in [3.8, 4) is 0 Å². The number of rotatable bonds is 6. The minimum Gasteiger partial charge on any atom is -0.481 e. The maximum Gasteiger partial charge on any atom is 0.305 e. The number of carboxylic acid groups (broad SMARTS) is 1. The molecule has 1 aromatic rings. The molecule has 6 heteroatoms. The summed E-state index contributed by atoms with van der Waals surface area (Å²) in [5.74, 6) is -0.849. The summed E-state index contributed by atoms with van der Waals surface area (Å²) in [4.78, 5) is 27.1. The number of pyridine rings is 1. The van der Waals surface area contributed by atoms with Gasteiger partial charge in [0.1, 0.15) is 0 Å². The van der Waals surface area contributed by atoms with Crippen LogP contribution in [0.4, 0.5) is 0 Å². The molecular formula is C12H16N2O3S. The molecule has 0 atom stereocenters. The van der Waals surface area contributed by atoms with Crippen LogP contribution in [0.1, 0.15) is 20.3 Å². The SMILES string of the molecule is CC(C)(CC(=O)O)NC(=O)CSc1ccncc1. The third kappa shape index (κ3) is 5.67. The smallest absolute Gasteiger partial charge is 0.305 e. The summed E-state index contributed by atoms with van der Waals surface area (Å²) in [5, 5.41) is 11.4. The van der Waals surface area contributed by atoms with Crippen molar-refractivity contribution in [1.82, 2.24) is 10.3 Å². The van der Waals surface area contributed by atoms with Gasteiger partial charge in [0.15, 0.2) is 0 Å². The first-order valence-electron chi connectivity index (χ1n) is 5.45. The van der Waals surface area contributed by atoms with Crippen molar-refractivity contribution in [2.24, 2.45) is 0 Å². The fourth-order valence-corrected chi connectivity index (χ4v) is 2.10. The van der Waals surface area contributed by atoms with Gasteiger partial charge >= 0.3 is 5.97 Å². The Morgan fingerprint density at radius 3 is 2.56 bits per heavy atom. The van der Waals surface area contributed by atoms with E-state index in [4.69, 9.17) is 5.11 Å². The molecule has 18 heavy (non-hydrogen) atoms. The van der Waals surface area contributed by atoms with Gasteiger partial charge in [0.2, 0.25) is 5.91 Å². The van der Waals surface area contributed by atoms with E-state index in [0.717, 1.165) is 4.90 Å². The van der Waals surface area contributed by atoms with Gasteiger partial charge in [-0.1, -0.05) is 0 Å². The fourth-order valence-electron chi connectivity index (χ4n) is 1.42. The predicted octanol–water partition coefficient (Wildman–Crippen LogP) is 1.54. The Labute approximate surface area is 110 Å². The van der Waals surface area contributed by atoms with Crippen molar-refractivity contribution < 1.29 is 14.7 Å². The second-order valence-corrected chi connectivity index (χ2v) is 5.52. The van der Waals surface area contributed by atoms with Gasteiger partial charge < -0.3 is 10.4 Å². The van der Waals surface area contributed by atoms with Crippen molar-refractivity contribution in [2.75, 3.05) is 5.75 Å². The lowest BCUT2D eigenvalue weighted by molar-refractivity contribution is -0.138. The molecule has 98 valence electrons. The molecule has 1 amide bonds. The van der Waals surface area contributed by atoms with Crippen molar-refractivity contribution in [2.45, 2.75) is 30.7 Å². The predicted molar refractivity (Wildman–Crippen MR) is 69.4 cm³/mol. The molecule has 0 saturated carbocycles. The van der Waals surface area contributed by atoms with Gasteiger partial charge in [-0.05, 0) is 26.0 Å². The molecule has 0 aliphatic carbocycles. The lowest BCUT2D eigenvalue weighted by Gasteiger charge is -2.24. The van der Waals surface area contributed by atoms with Crippen LogP contribution in [0.2, 0.25) is 0 Å². The van der Waals surface area contributed by atoms with Crippen molar-refractivity contribution in [1.29, 1.82) is 0 Å². The number of carboxylic acids is 1. The molecular weight excluding hydrogens is 252 g/mol. The highest BCUT2D eigenvalue weighted by Crippen LogP contribution is 2.16. The lowest BCUT2D eigenvalue weighted by Crippen LogP contribution is -2.45. The largest absolute Gasteiger partial charge is 0.481 e. The van der Waals surface area contributed by atoms with Gasteiger partial charge in [0.25, 0.3) is 0 Å². The second-order valence-electron chi connectivity index (χ2n) is 4.47. The molecule has 0 fully saturated rings. The van der Waals surface area contributed by atoms with Crippen LogP contribution in [-0.4, -0.2) is 33.3 Å². The molecule has 0 aromatic carbocycles. The Bertz CT molecular complexity index is 421.